The van der Waals surface area contributed by atoms with Gasteiger partial charge in [0.25, 0.3) is 0 Å². The molecule has 0 amide bonds. The Morgan fingerprint density at radius 1 is 1.33 bits per heavy atom. The number of hydrogen-bond donors (Lipinski definition) is 1. The summed E-state index contributed by atoms with van der Waals surface area (Å²) in [6.07, 6.45) is -2.43. The number of carbonyl (C=O) groups excluding carboxylic acids is 1. The van der Waals surface area contributed by atoms with Crippen molar-refractivity contribution >= 4 is 11.9 Å². The van der Waals surface area contributed by atoms with Crippen molar-refractivity contribution < 1.29 is 27.4 Å². The van der Waals surface area contributed by atoms with Crippen LogP contribution < -0.4 is 5.32 Å². The van der Waals surface area contributed by atoms with Crippen molar-refractivity contribution in [1.82, 2.24) is 10.2 Å². The molecule has 0 atom stereocenters. The first-order chi connectivity index (χ1) is 11.4. The third-order valence-electron chi connectivity index (χ3n) is 3.64. The third kappa shape index (κ3) is 7.85. The molecule has 0 aromatic rings. The van der Waals surface area contributed by atoms with E-state index in [9.17, 15) is 18.0 Å². The number of alkyl halides is 3. The Kier molecular flexibility index (Phi) is 8.88. The van der Waals surface area contributed by atoms with E-state index < -0.39 is 12.8 Å². The number of ether oxygens (including phenoxy) is 2. The van der Waals surface area contributed by atoms with Crippen molar-refractivity contribution in [3.8, 4) is 0 Å². The van der Waals surface area contributed by atoms with Crippen molar-refractivity contribution in [3.05, 3.63) is 0 Å². The summed E-state index contributed by atoms with van der Waals surface area (Å²) in [5.41, 5.74) is 0. The molecule has 1 aliphatic rings. The van der Waals surface area contributed by atoms with Gasteiger partial charge in [0, 0.05) is 33.3 Å². The predicted octanol–water partition coefficient (Wildman–Crippen LogP) is 1.81. The second kappa shape index (κ2) is 10.4. The lowest BCUT2D eigenvalue weighted by molar-refractivity contribution is -0.173. The van der Waals surface area contributed by atoms with E-state index in [1.165, 1.54) is 0 Å². The van der Waals surface area contributed by atoms with Crippen LogP contribution in [0.3, 0.4) is 0 Å². The normalized spacial score (nSPS) is 17.0. The number of hydrogen-bond acceptors (Lipinski definition) is 4. The van der Waals surface area contributed by atoms with Crippen LogP contribution in [-0.2, 0) is 14.3 Å². The van der Waals surface area contributed by atoms with Crippen LogP contribution in [0.2, 0.25) is 0 Å². The minimum absolute atomic E-state index is 0.0361. The fourth-order valence-corrected chi connectivity index (χ4v) is 2.48. The lowest BCUT2D eigenvalue weighted by atomic mass is 9.97. The van der Waals surface area contributed by atoms with Crippen LogP contribution in [0.5, 0.6) is 0 Å². The predicted molar refractivity (Wildman–Crippen MR) is 83.8 cm³/mol. The summed E-state index contributed by atoms with van der Waals surface area (Å²) >= 11 is 0. The second-order valence-electron chi connectivity index (χ2n) is 5.51. The quantitative estimate of drug-likeness (QED) is 0.327. The first-order valence-electron chi connectivity index (χ1n) is 8.14. The molecule has 1 heterocycles. The SMILES string of the molecule is CCOC(=O)C1CCN(C(=NC)NCCCOCC(F)(F)F)CC1. The number of piperidine rings is 1. The molecule has 0 unspecified atom stereocenters. The summed E-state index contributed by atoms with van der Waals surface area (Å²) in [7, 11) is 1.65. The second-order valence-corrected chi connectivity index (χ2v) is 5.51. The summed E-state index contributed by atoms with van der Waals surface area (Å²) < 4.78 is 45.4. The molecule has 24 heavy (non-hydrogen) atoms. The largest absolute Gasteiger partial charge is 0.466 e. The van der Waals surface area contributed by atoms with Gasteiger partial charge >= 0.3 is 12.1 Å². The van der Waals surface area contributed by atoms with Gasteiger partial charge < -0.3 is 19.7 Å². The molecule has 0 radical (unpaired) electrons. The summed E-state index contributed by atoms with van der Waals surface area (Å²) in [5, 5.41) is 3.10. The maximum absolute atomic E-state index is 11.9. The molecule has 0 saturated carbocycles. The lowest BCUT2D eigenvalue weighted by Crippen LogP contribution is -2.47. The van der Waals surface area contributed by atoms with E-state index >= 15 is 0 Å². The minimum Gasteiger partial charge on any atom is -0.466 e. The number of rotatable bonds is 7. The number of halogens is 3. The minimum atomic E-state index is -4.28. The molecule has 0 bridgehead atoms. The number of nitrogens with one attached hydrogen (secondary N) is 1. The molecular formula is C15H26F3N3O3. The average molecular weight is 353 g/mol. The molecule has 9 heteroatoms. The van der Waals surface area contributed by atoms with Gasteiger partial charge in [0.15, 0.2) is 5.96 Å². The van der Waals surface area contributed by atoms with Crippen molar-refractivity contribution in [2.75, 3.05) is 46.5 Å². The lowest BCUT2D eigenvalue weighted by Gasteiger charge is -2.33. The van der Waals surface area contributed by atoms with E-state index in [2.05, 4.69) is 15.0 Å². The van der Waals surface area contributed by atoms with Crippen LogP contribution in [0, 0.1) is 5.92 Å². The van der Waals surface area contributed by atoms with Crippen molar-refractivity contribution in [2.45, 2.75) is 32.4 Å². The van der Waals surface area contributed by atoms with E-state index in [0.29, 0.717) is 51.5 Å². The number of nitrogens with zero attached hydrogens (tertiary/aromatic N) is 2. The number of guanidine groups is 1. The van der Waals surface area contributed by atoms with Crippen LogP contribution in [0.25, 0.3) is 0 Å². The van der Waals surface area contributed by atoms with Crippen molar-refractivity contribution in [1.29, 1.82) is 0 Å². The monoisotopic (exact) mass is 353 g/mol. The highest BCUT2D eigenvalue weighted by atomic mass is 19.4. The summed E-state index contributed by atoms with van der Waals surface area (Å²) in [6, 6.07) is 0. The molecule has 6 nitrogen and oxygen atoms in total. The van der Waals surface area contributed by atoms with Crippen LogP contribution in [0.15, 0.2) is 4.99 Å². The Hall–Kier alpha value is -1.51. The van der Waals surface area contributed by atoms with Crippen molar-refractivity contribution in [2.24, 2.45) is 10.9 Å². The van der Waals surface area contributed by atoms with E-state index in [0.717, 1.165) is 0 Å². The zero-order valence-corrected chi connectivity index (χ0v) is 14.2. The smallest absolute Gasteiger partial charge is 0.411 e. The first kappa shape index (κ1) is 20.5. The van der Waals surface area contributed by atoms with Gasteiger partial charge in [-0.05, 0) is 26.2 Å². The van der Waals surface area contributed by atoms with E-state index in [4.69, 9.17) is 4.74 Å². The van der Waals surface area contributed by atoms with Crippen LogP contribution in [0.4, 0.5) is 13.2 Å². The highest BCUT2D eigenvalue weighted by Crippen LogP contribution is 2.18. The van der Waals surface area contributed by atoms with E-state index in [1.807, 2.05) is 4.90 Å². The molecule has 1 aliphatic heterocycles. The molecule has 0 spiro atoms. The fraction of sp³-hybridized carbons (Fsp3) is 0.867. The van der Waals surface area contributed by atoms with Crippen LogP contribution >= 0.6 is 0 Å². The van der Waals surface area contributed by atoms with Gasteiger partial charge in [0.05, 0.1) is 12.5 Å². The van der Waals surface area contributed by atoms with Crippen molar-refractivity contribution in [3.63, 3.8) is 0 Å². The van der Waals surface area contributed by atoms with Gasteiger partial charge in [-0.2, -0.15) is 13.2 Å². The third-order valence-corrected chi connectivity index (χ3v) is 3.64. The molecule has 1 saturated heterocycles. The van der Waals surface area contributed by atoms with Gasteiger partial charge in [-0.1, -0.05) is 0 Å². The highest BCUT2D eigenvalue weighted by molar-refractivity contribution is 5.80. The average Bonchev–Trinajstić information content (AvgIpc) is 2.54. The molecule has 140 valence electrons. The van der Waals surface area contributed by atoms with Gasteiger partial charge in [0.2, 0.25) is 0 Å². The molecule has 1 N–H and O–H groups in total. The standard InChI is InChI=1S/C15H26F3N3O3/c1-3-24-13(22)12-5-8-21(9-6-12)14(19-2)20-7-4-10-23-11-15(16,17)18/h12H,3-11H2,1-2H3,(H,19,20). The number of likely N-dealkylation sites (tertiary alicyclic amines) is 1. The maximum atomic E-state index is 11.9. The number of esters is 1. The Morgan fingerprint density at radius 3 is 2.54 bits per heavy atom. The van der Waals surface area contributed by atoms with E-state index in [1.54, 1.807) is 14.0 Å². The molecule has 0 aromatic carbocycles. The summed E-state index contributed by atoms with van der Waals surface area (Å²) in [5.74, 6) is 0.463. The van der Waals surface area contributed by atoms with Gasteiger partial charge in [-0.15, -0.1) is 0 Å². The number of aliphatic imine (C=N–C) groups is 1. The summed E-state index contributed by atoms with van der Waals surface area (Å²) in [4.78, 5) is 17.9. The van der Waals surface area contributed by atoms with Gasteiger partial charge in [-0.25, -0.2) is 0 Å². The summed E-state index contributed by atoms with van der Waals surface area (Å²) in [6.45, 7) is 2.84. The van der Waals surface area contributed by atoms with Crippen LogP contribution in [0.1, 0.15) is 26.2 Å². The maximum Gasteiger partial charge on any atom is 0.411 e. The Morgan fingerprint density at radius 2 is 2.00 bits per heavy atom. The zero-order valence-electron chi connectivity index (χ0n) is 14.2. The van der Waals surface area contributed by atoms with E-state index in [-0.39, 0.29) is 18.5 Å². The molecule has 1 rings (SSSR count). The Labute approximate surface area is 140 Å². The Bertz CT molecular complexity index is 409. The fourth-order valence-electron chi connectivity index (χ4n) is 2.48. The Balaban J connectivity index is 2.22. The molecule has 0 aliphatic carbocycles. The van der Waals surface area contributed by atoms with Gasteiger partial charge in [-0.3, -0.25) is 9.79 Å². The highest BCUT2D eigenvalue weighted by Gasteiger charge is 2.28. The number of carbonyl (C=O) groups is 1. The van der Waals surface area contributed by atoms with Gasteiger partial charge in [0.1, 0.15) is 6.61 Å². The molecule has 1 fully saturated rings. The molecular weight excluding hydrogens is 327 g/mol. The van der Waals surface area contributed by atoms with Crippen LogP contribution in [-0.4, -0.2) is 69.5 Å². The zero-order chi connectivity index (χ0) is 18.0. The first-order valence-corrected chi connectivity index (χ1v) is 8.14. The topological polar surface area (TPSA) is 63.2 Å². The molecule has 0 aromatic heterocycles.